The first kappa shape index (κ1) is 9.21. The lowest BCUT2D eigenvalue weighted by atomic mass is 9.78. The van der Waals surface area contributed by atoms with Gasteiger partial charge in [-0.25, -0.2) is 4.98 Å². The molecule has 13 heavy (non-hydrogen) atoms. The van der Waals surface area contributed by atoms with Crippen LogP contribution < -0.4 is 5.32 Å². The number of nitrogens with zero attached hydrogens (tertiary/aromatic N) is 2. The van der Waals surface area contributed by atoms with Crippen molar-refractivity contribution in [3.63, 3.8) is 0 Å². The number of aryl methyl sites for hydroxylation is 1. The van der Waals surface area contributed by atoms with Gasteiger partial charge in [0.1, 0.15) is 5.82 Å². The number of aromatic nitrogens is 2. The number of hydrogen-bond acceptors (Lipinski definition) is 4. The smallest absolute Gasteiger partial charge is 0.203 e. The summed E-state index contributed by atoms with van der Waals surface area (Å²) in [6.07, 6.45) is 3.56. The molecule has 1 N–H and O–H groups in total. The molecule has 3 nitrogen and oxygen atoms in total. The SMILES string of the molecule is Cc1nsc(NC2(CCl)CCC2)n1. The molecule has 0 spiro atoms. The van der Waals surface area contributed by atoms with Gasteiger partial charge in [0.2, 0.25) is 5.13 Å². The average Bonchev–Trinajstić information content (AvgIpc) is 2.44. The van der Waals surface area contributed by atoms with E-state index in [1.165, 1.54) is 18.0 Å². The van der Waals surface area contributed by atoms with Crippen LogP contribution in [-0.4, -0.2) is 20.8 Å². The summed E-state index contributed by atoms with van der Waals surface area (Å²) in [5, 5.41) is 4.28. The molecule has 1 heterocycles. The number of halogens is 1. The van der Waals surface area contributed by atoms with E-state index in [1.807, 2.05) is 6.92 Å². The zero-order valence-electron chi connectivity index (χ0n) is 7.51. The minimum Gasteiger partial charge on any atom is -0.354 e. The number of alkyl halides is 1. The summed E-state index contributed by atoms with van der Waals surface area (Å²) in [7, 11) is 0. The van der Waals surface area contributed by atoms with Crippen molar-refractivity contribution < 1.29 is 0 Å². The van der Waals surface area contributed by atoms with Crippen molar-refractivity contribution in [1.29, 1.82) is 0 Å². The lowest BCUT2D eigenvalue weighted by molar-refractivity contribution is 0.311. The Balaban J connectivity index is 2.04. The third kappa shape index (κ3) is 1.79. The Kier molecular flexibility index (Phi) is 2.43. The predicted molar refractivity (Wildman–Crippen MR) is 55.6 cm³/mol. The molecule has 0 aromatic carbocycles. The maximum atomic E-state index is 5.91. The number of anilines is 1. The molecule has 1 aliphatic carbocycles. The van der Waals surface area contributed by atoms with Crippen LogP contribution in [0.1, 0.15) is 25.1 Å². The van der Waals surface area contributed by atoms with Gasteiger partial charge in [0, 0.05) is 17.4 Å². The van der Waals surface area contributed by atoms with E-state index in [0.29, 0.717) is 5.88 Å². The predicted octanol–water partition coefficient (Wildman–Crippen LogP) is 2.42. The maximum Gasteiger partial charge on any atom is 0.203 e. The van der Waals surface area contributed by atoms with Crippen LogP contribution >= 0.6 is 23.1 Å². The second-order valence-electron chi connectivity index (χ2n) is 3.54. The molecular weight excluding hydrogens is 206 g/mol. The molecule has 0 saturated heterocycles. The summed E-state index contributed by atoms with van der Waals surface area (Å²) in [5.74, 6) is 1.49. The van der Waals surface area contributed by atoms with Crippen LogP contribution in [0.15, 0.2) is 0 Å². The van der Waals surface area contributed by atoms with E-state index in [0.717, 1.165) is 23.8 Å². The van der Waals surface area contributed by atoms with Crippen molar-refractivity contribution in [2.45, 2.75) is 31.7 Å². The first-order chi connectivity index (χ1) is 6.24. The van der Waals surface area contributed by atoms with Gasteiger partial charge in [-0.3, -0.25) is 0 Å². The Morgan fingerprint density at radius 2 is 2.38 bits per heavy atom. The topological polar surface area (TPSA) is 37.8 Å². The van der Waals surface area contributed by atoms with Gasteiger partial charge in [0.15, 0.2) is 0 Å². The Bertz CT molecular complexity index is 290. The van der Waals surface area contributed by atoms with Gasteiger partial charge in [0.05, 0.1) is 5.54 Å². The fraction of sp³-hybridized carbons (Fsp3) is 0.750. The fourth-order valence-electron chi connectivity index (χ4n) is 1.47. The Labute approximate surface area is 86.7 Å². The highest BCUT2D eigenvalue weighted by Gasteiger charge is 2.36. The summed E-state index contributed by atoms with van der Waals surface area (Å²) in [6.45, 7) is 1.90. The minimum atomic E-state index is 0.105. The van der Waals surface area contributed by atoms with E-state index in [4.69, 9.17) is 11.6 Å². The van der Waals surface area contributed by atoms with Crippen molar-refractivity contribution in [3.8, 4) is 0 Å². The highest BCUT2D eigenvalue weighted by Crippen LogP contribution is 2.36. The van der Waals surface area contributed by atoms with Crippen molar-refractivity contribution in [2.24, 2.45) is 0 Å². The molecule has 1 aliphatic rings. The monoisotopic (exact) mass is 217 g/mol. The first-order valence-electron chi connectivity index (χ1n) is 4.39. The Hall–Kier alpha value is -0.350. The van der Waals surface area contributed by atoms with Gasteiger partial charge in [-0.1, -0.05) is 0 Å². The van der Waals surface area contributed by atoms with Crippen molar-refractivity contribution in [3.05, 3.63) is 5.82 Å². The van der Waals surface area contributed by atoms with Crippen molar-refractivity contribution in [1.82, 2.24) is 9.36 Å². The highest BCUT2D eigenvalue weighted by molar-refractivity contribution is 7.09. The summed E-state index contributed by atoms with van der Waals surface area (Å²) >= 11 is 7.32. The summed E-state index contributed by atoms with van der Waals surface area (Å²) < 4.78 is 4.12. The van der Waals surface area contributed by atoms with Crippen LogP contribution in [0.2, 0.25) is 0 Å². The summed E-state index contributed by atoms with van der Waals surface area (Å²) in [4.78, 5) is 4.26. The number of nitrogens with one attached hydrogen (secondary N) is 1. The zero-order chi connectivity index (χ0) is 9.31. The van der Waals surface area contributed by atoms with Gasteiger partial charge in [-0.15, -0.1) is 11.6 Å². The van der Waals surface area contributed by atoms with E-state index in [1.54, 1.807) is 0 Å². The lowest BCUT2D eigenvalue weighted by Gasteiger charge is -2.40. The van der Waals surface area contributed by atoms with Crippen LogP contribution in [-0.2, 0) is 0 Å². The van der Waals surface area contributed by atoms with Gasteiger partial charge >= 0.3 is 0 Å². The van der Waals surface area contributed by atoms with Crippen LogP contribution in [0.5, 0.6) is 0 Å². The summed E-state index contributed by atoms with van der Waals surface area (Å²) in [5.41, 5.74) is 0.105. The molecule has 2 rings (SSSR count). The molecule has 72 valence electrons. The average molecular weight is 218 g/mol. The second-order valence-corrected chi connectivity index (χ2v) is 4.56. The molecule has 0 bridgehead atoms. The van der Waals surface area contributed by atoms with Gasteiger partial charge in [0.25, 0.3) is 0 Å². The molecule has 0 aliphatic heterocycles. The molecule has 1 aromatic rings. The third-order valence-corrected chi connectivity index (χ3v) is 3.70. The van der Waals surface area contributed by atoms with Gasteiger partial charge in [-0.2, -0.15) is 4.37 Å². The van der Waals surface area contributed by atoms with Crippen molar-refractivity contribution in [2.75, 3.05) is 11.2 Å². The van der Waals surface area contributed by atoms with E-state index >= 15 is 0 Å². The molecule has 0 unspecified atom stereocenters. The molecule has 5 heteroatoms. The molecular formula is C8H12ClN3S. The minimum absolute atomic E-state index is 0.105. The van der Waals surface area contributed by atoms with Crippen LogP contribution in [0.3, 0.4) is 0 Å². The van der Waals surface area contributed by atoms with Crippen LogP contribution in [0.25, 0.3) is 0 Å². The van der Waals surface area contributed by atoms with E-state index in [2.05, 4.69) is 14.7 Å². The van der Waals surface area contributed by atoms with E-state index in [-0.39, 0.29) is 5.54 Å². The molecule has 1 fully saturated rings. The van der Waals surface area contributed by atoms with Gasteiger partial charge < -0.3 is 5.32 Å². The van der Waals surface area contributed by atoms with Crippen LogP contribution in [0, 0.1) is 6.92 Å². The molecule has 0 amide bonds. The zero-order valence-corrected chi connectivity index (χ0v) is 9.08. The third-order valence-electron chi connectivity index (χ3n) is 2.47. The fourth-order valence-corrected chi connectivity index (χ4v) is 2.50. The maximum absolute atomic E-state index is 5.91. The van der Waals surface area contributed by atoms with E-state index < -0.39 is 0 Å². The molecule has 1 saturated carbocycles. The van der Waals surface area contributed by atoms with Crippen LogP contribution in [0.4, 0.5) is 5.13 Å². The van der Waals surface area contributed by atoms with Gasteiger partial charge in [-0.05, 0) is 26.2 Å². The molecule has 0 radical (unpaired) electrons. The quantitative estimate of drug-likeness (QED) is 0.791. The standard InChI is InChI=1S/C8H12ClN3S/c1-6-10-7(13-12-6)11-8(5-9)3-2-4-8/h2-5H2,1H3,(H,10,11,12). The summed E-state index contributed by atoms with van der Waals surface area (Å²) in [6, 6.07) is 0. The number of hydrogen-bond donors (Lipinski definition) is 1. The second kappa shape index (κ2) is 3.42. The molecule has 0 atom stereocenters. The van der Waals surface area contributed by atoms with Crippen molar-refractivity contribution >= 4 is 28.3 Å². The lowest BCUT2D eigenvalue weighted by Crippen LogP contribution is -2.46. The first-order valence-corrected chi connectivity index (χ1v) is 5.69. The Morgan fingerprint density at radius 3 is 2.77 bits per heavy atom. The number of rotatable bonds is 3. The van der Waals surface area contributed by atoms with E-state index in [9.17, 15) is 0 Å². The highest BCUT2D eigenvalue weighted by atomic mass is 35.5. The molecule has 1 aromatic heterocycles. The largest absolute Gasteiger partial charge is 0.354 e. The Morgan fingerprint density at radius 1 is 1.62 bits per heavy atom. The normalized spacial score (nSPS) is 19.5.